The van der Waals surface area contributed by atoms with E-state index in [0.717, 1.165) is 12.8 Å². The van der Waals surface area contributed by atoms with Gasteiger partial charge in [-0.05, 0) is 19.8 Å². The Morgan fingerprint density at radius 1 is 1.53 bits per heavy atom. The van der Waals surface area contributed by atoms with Gasteiger partial charge < -0.3 is 10.1 Å². The lowest BCUT2D eigenvalue weighted by atomic mass is 9.89. The molecular weight excluding hydrogens is 251 g/mol. The molecule has 1 fully saturated rings. The molecule has 104 valence electrons. The maximum absolute atomic E-state index is 13.8. The van der Waals surface area contributed by atoms with Gasteiger partial charge in [-0.15, -0.1) is 0 Å². The highest BCUT2D eigenvalue weighted by Crippen LogP contribution is 2.25. The zero-order chi connectivity index (χ0) is 13.8. The van der Waals surface area contributed by atoms with Crippen LogP contribution in [0.2, 0.25) is 0 Å². The van der Waals surface area contributed by atoms with Crippen molar-refractivity contribution in [3.63, 3.8) is 0 Å². The molecule has 1 N–H and O–H groups in total. The highest BCUT2D eigenvalue weighted by Gasteiger charge is 2.29. The maximum atomic E-state index is 13.8. The lowest BCUT2D eigenvalue weighted by Gasteiger charge is -2.35. The smallest absolute Gasteiger partial charge is 0.305 e. The number of hydrogen-bond donors (Lipinski definition) is 1. The number of nitro benzene ring substituents is 1. The molecule has 1 aromatic rings. The molecule has 0 atom stereocenters. The van der Waals surface area contributed by atoms with Crippen LogP contribution in [-0.2, 0) is 11.3 Å². The molecular formula is C13H17FN2O3. The zero-order valence-electron chi connectivity index (χ0n) is 10.8. The van der Waals surface area contributed by atoms with E-state index in [0.29, 0.717) is 24.8 Å². The highest BCUT2D eigenvalue weighted by molar-refractivity contribution is 5.36. The number of benzene rings is 1. The SMILES string of the molecule is CCOC1CC(NCc2cccc([N+](=O)[O-])c2F)C1. The molecule has 2 rings (SSSR count). The van der Waals surface area contributed by atoms with Crippen LogP contribution in [0.15, 0.2) is 18.2 Å². The van der Waals surface area contributed by atoms with E-state index < -0.39 is 16.4 Å². The third kappa shape index (κ3) is 3.27. The van der Waals surface area contributed by atoms with Gasteiger partial charge in [0.1, 0.15) is 0 Å². The van der Waals surface area contributed by atoms with E-state index in [1.54, 1.807) is 6.07 Å². The molecule has 0 saturated heterocycles. The van der Waals surface area contributed by atoms with Gasteiger partial charge >= 0.3 is 5.69 Å². The Labute approximate surface area is 110 Å². The second-order valence-corrected chi connectivity index (χ2v) is 4.63. The molecule has 0 radical (unpaired) electrons. The maximum Gasteiger partial charge on any atom is 0.305 e. The van der Waals surface area contributed by atoms with E-state index in [9.17, 15) is 14.5 Å². The van der Waals surface area contributed by atoms with Crippen LogP contribution in [0.4, 0.5) is 10.1 Å². The van der Waals surface area contributed by atoms with Crippen LogP contribution in [-0.4, -0.2) is 23.7 Å². The van der Waals surface area contributed by atoms with Crippen molar-refractivity contribution < 1.29 is 14.1 Å². The number of nitrogens with zero attached hydrogens (tertiary/aromatic N) is 1. The number of nitro groups is 1. The monoisotopic (exact) mass is 268 g/mol. The fourth-order valence-electron chi connectivity index (χ4n) is 2.20. The molecule has 1 aromatic carbocycles. The van der Waals surface area contributed by atoms with Crippen molar-refractivity contribution in [3.05, 3.63) is 39.7 Å². The standard InChI is InChI=1S/C13H17FN2O3/c1-2-19-11-6-10(7-11)15-8-9-4-3-5-12(13(9)14)16(17)18/h3-5,10-11,15H,2,6-8H2,1H3. The van der Waals surface area contributed by atoms with Crippen LogP contribution in [0.25, 0.3) is 0 Å². The van der Waals surface area contributed by atoms with Crippen LogP contribution in [0.1, 0.15) is 25.3 Å². The molecule has 1 aliphatic rings. The number of nitrogens with one attached hydrogen (secondary N) is 1. The van der Waals surface area contributed by atoms with Crippen molar-refractivity contribution in [2.75, 3.05) is 6.61 Å². The van der Waals surface area contributed by atoms with Crippen molar-refractivity contribution in [2.45, 2.75) is 38.5 Å². The summed E-state index contributed by atoms with van der Waals surface area (Å²) in [5.41, 5.74) is -0.144. The van der Waals surface area contributed by atoms with Gasteiger partial charge in [0.05, 0.1) is 11.0 Å². The van der Waals surface area contributed by atoms with Crippen LogP contribution in [0.3, 0.4) is 0 Å². The van der Waals surface area contributed by atoms with Crippen LogP contribution >= 0.6 is 0 Å². The Kier molecular flexibility index (Phi) is 4.44. The van der Waals surface area contributed by atoms with Gasteiger partial charge in [-0.1, -0.05) is 12.1 Å². The summed E-state index contributed by atoms with van der Waals surface area (Å²) in [6, 6.07) is 4.54. The number of hydrogen-bond acceptors (Lipinski definition) is 4. The number of ether oxygens (including phenoxy) is 1. The van der Waals surface area contributed by atoms with Gasteiger partial charge in [0.2, 0.25) is 5.82 Å². The van der Waals surface area contributed by atoms with Crippen LogP contribution < -0.4 is 5.32 Å². The first-order chi connectivity index (χ1) is 9.11. The molecule has 1 aliphatic carbocycles. The van der Waals surface area contributed by atoms with E-state index in [2.05, 4.69) is 5.32 Å². The topological polar surface area (TPSA) is 64.4 Å². The Morgan fingerprint density at radius 2 is 2.26 bits per heavy atom. The molecule has 0 aliphatic heterocycles. The van der Waals surface area contributed by atoms with Gasteiger partial charge in [-0.3, -0.25) is 10.1 Å². The number of rotatable bonds is 6. The van der Waals surface area contributed by atoms with E-state index in [-0.39, 0.29) is 6.10 Å². The van der Waals surface area contributed by atoms with Crippen molar-refractivity contribution in [2.24, 2.45) is 0 Å². The molecule has 0 bridgehead atoms. The third-order valence-electron chi connectivity index (χ3n) is 3.33. The Bertz CT molecular complexity index is 461. The van der Waals surface area contributed by atoms with E-state index in [1.807, 2.05) is 6.92 Å². The largest absolute Gasteiger partial charge is 0.378 e. The summed E-state index contributed by atoms with van der Waals surface area (Å²) in [6.07, 6.45) is 2.10. The molecule has 0 amide bonds. The predicted molar refractivity (Wildman–Crippen MR) is 68.3 cm³/mol. The summed E-state index contributed by atoms with van der Waals surface area (Å²) < 4.78 is 19.2. The molecule has 0 unspecified atom stereocenters. The Hall–Kier alpha value is -1.53. The molecule has 5 nitrogen and oxygen atoms in total. The van der Waals surface area contributed by atoms with Gasteiger partial charge in [-0.2, -0.15) is 4.39 Å². The van der Waals surface area contributed by atoms with Gasteiger partial charge in [0, 0.05) is 30.8 Å². The minimum absolute atomic E-state index is 0.289. The summed E-state index contributed by atoms with van der Waals surface area (Å²) in [4.78, 5) is 9.92. The summed E-state index contributed by atoms with van der Waals surface area (Å²) in [5, 5.41) is 13.8. The summed E-state index contributed by atoms with van der Waals surface area (Å²) >= 11 is 0. The van der Waals surface area contributed by atoms with Gasteiger partial charge in [0.15, 0.2) is 0 Å². The van der Waals surface area contributed by atoms with Gasteiger partial charge in [0.25, 0.3) is 0 Å². The van der Waals surface area contributed by atoms with Crippen LogP contribution in [0.5, 0.6) is 0 Å². The average molecular weight is 268 g/mol. The molecule has 0 aromatic heterocycles. The van der Waals surface area contributed by atoms with Crippen molar-refractivity contribution >= 4 is 5.69 Å². The summed E-state index contributed by atoms with van der Waals surface area (Å²) in [7, 11) is 0. The van der Waals surface area contributed by atoms with Gasteiger partial charge in [-0.25, -0.2) is 0 Å². The zero-order valence-corrected chi connectivity index (χ0v) is 10.8. The first-order valence-corrected chi connectivity index (χ1v) is 6.38. The van der Waals surface area contributed by atoms with Crippen molar-refractivity contribution in [1.29, 1.82) is 0 Å². The lowest BCUT2D eigenvalue weighted by molar-refractivity contribution is -0.387. The fourth-order valence-corrected chi connectivity index (χ4v) is 2.20. The average Bonchev–Trinajstić information content (AvgIpc) is 2.33. The minimum Gasteiger partial charge on any atom is -0.378 e. The molecule has 1 saturated carbocycles. The van der Waals surface area contributed by atoms with Crippen molar-refractivity contribution in [3.8, 4) is 0 Å². The van der Waals surface area contributed by atoms with Crippen LogP contribution in [0, 0.1) is 15.9 Å². The second-order valence-electron chi connectivity index (χ2n) is 4.63. The minimum atomic E-state index is -0.749. The van der Waals surface area contributed by atoms with Crippen molar-refractivity contribution in [1.82, 2.24) is 5.32 Å². The third-order valence-corrected chi connectivity index (χ3v) is 3.33. The first-order valence-electron chi connectivity index (χ1n) is 6.38. The normalized spacial score (nSPS) is 22.0. The first kappa shape index (κ1) is 13.9. The van der Waals surface area contributed by atoms with E-state index >= 15 is 0 Å². The van der Waals surface area contributed by atoms with E-state index in [1.165, 1.54) is 12.1 Å². The Balaban J connectivity index is 1.87. The number of halogens is 1. The summed E-state index contributed by atoms with van der Waals surface area (Å²) in [6.45, 7) is 2.97. The molecule has 0 spiro atoms. The summed E-state index contributed by atoms with van der Waals surface area (Å²) in [5.74, 6) is -0.749. The second kappa shape index (κ2) is 6.08. The molecule has 19 heavy (non-hydrogen) atoms. The predicted octanol–water partition coefficient (Wildman–Crippen LogP) is 2.39. The quantitative estimate of drug-likeness (QED) is 0.635. The molecule has 6 heteroatoms. The Morgan fingerprint density at radius 3 is 2.89 bits per heavy atom. The highest BCUT2D eigenvalue weighted by atomic mass is 19.1. The fraction of sp³-hybridized carbons (Fsp3) is 0.538. The van der Waals surface area contributed by atoms with E-state index in [4.69, 9.17) is 4.74 Å². The lowest BCUT2D eigenvalue weighted by Crippen LogP contribution is -2.45. The molecule has 0 heterocycles.